The van der Waals surface area contributed by atoms with Crippen LogP contribution < -0.4 is 0 Å². The number of phosphoric acid groups is 2. The molecule has 0 saturated heterocycles. The fourth-order valence-electron chi connectivity index (χ4n) is 15.3. The van der Waals surface area contributed by atoms with Gasteiger partial charge in [-0.2, -0.15) is 0 Å². The first-order chi connectivity index (χ1) is 65.2. The van der Waals surface area contributed by atoms with Gasteiger partial charge in [0.15, 0.2) is 6.10 Å². The molecule has 16 nitrogen and oxygen atoms in total. The van der Waals surface area contributed by atoms with E-state index in [4.69, 9.17) is 32.3 Å². The molecule has 5 atom stereocenters. The van der Waals surface area contributed by atoms with Crippen LogP contribution in [0.2, 0.25) is 0 Å². The third-order valence-electron chi connectivity index (χ3n) is 23.4. The summed E-state index contributed by atoms with van der Waals surface area (Å²) in [4.78, 5) is 59.3. The van der Waals surface area contributed by atoms with Crippen molar-refractivity contribution in [3.63, 3.8) is 0 Å². The maximum atomic E-state index is 13.2. The summed E-state index contributed by atoms with van der Waals surface area (Å²) in [5.41, 5.74) is 0. The van der Waals surface area contributed by atoms with Gasteiger partial charge in [-0.05, 0) is 154 Å². The number of carbonyl (C=O) groups is 3. The Morgan fingerprint density at radius 3 is 0.632 bits per heavy atom. The smallest absolute Gasteiger partial charge is 0.463 e. The molecule has 4 N–H and O–H groups in total. The van der Waals surface area contributed by atoms with Crippen LogP contribution in [0.3, 0.4) is 0 Å². The predicted molar refractivity (Wildman–Crippen MR) is 565 cm³/mol. The lowest BCUT2D eigenvalue weighted by molar-refractivity contribution is -0.161. The van der Waals surface area contributed by atoms with Gasteiger partial charge in [0.1, 0.15) is 25.4 Å². The molecule has 5 unspecified atom stereocenters. The van der Waals surface area contributed by atoms with Crippen LogP contribution in [0.25, 0.3) is 0 Å². The molecule has 0 rings (SSSR count). The number of hydrogen-bond donors (Lipinski definition) is 4. The zero-order chi connectivity index (χ0) is 96.4. The van der Waals surface area contributed by atoms with Crippen LogP contribution in [0.5, 0.6) is 0 Å². The molecule has 0 amide bonds. The van der Waals surface area contributed by atoms with Gasteiger partial charge in [0, 0.05) is 19.3 Å². The molecule has 0 aromatic carbocycles. The Morgan fingerprint density at radius 2 is 0.398 bits per heavy atom. The molecule has 0 aliphatic rings. The van der Waals surface area contributed by atoms with E-state index in [-0.39, 0.29) is 19.3 Å². The molecule has 0 aliphatic carbocycles. The molecule has 0 radical (unpaired) electrons. The number of allylic oxidation sites excluding steroid dienone is 28. The highest BCUT2D eigenvalue weighted by molar-refractivity contribution is 7.47. The van der Waals surface area contributed by atoms with Crippen molar-refractivity contribution >= 4 is 33.6 Å². The van der Waals surface area contributed by atoms with Crippen LogP contribution in [-0.4, -0.2) is 95.9 Å². The average molecular weight is 1900 g/mol. The molecule has 0 heterocycles. The lowest BCUT2D eigenvalue weighted by Gasteiger charge is -2.21. The van der Waals surface area contributed by atoms with Crippen molar-refractivity contribution in [3.8, 4) is 0 Å². The van der Waals surface area contributed by atoms with E-state index in [0.717, 1.165) is 154 Å². The van der Waals surface area contributed by atoms with Crippen LogP contribution in [0.15, 0.2) is 170 Å². The first-order valence-corrected chi connectivity index (χ1v) is 57.4. The van der Waals surface area contributed by atoms with Gasteiger partial charge in [-0.1, -0.05) is 480 Å². The highest BCUT2D eigenvalue weighted by Gasteiger charge is 2.30. The summed E-state index contributed by atoms with van der Waals surface area (Å²) in [5, 5.41) is 20.8. The largest absolute Gasteiger partial charge is 0.472 e. The molecule has 766 valence electrons. The Morgan fingerprint density at radius 1 is 0.218 bits per heavy atom. The molecule has 0 spiro atoms. The highest BCUT2D eigenvalue weighted by atomic mass is 31.2. The summed E-state index contributed by atoms with van der Waals surface area (Å²) in [7, 11) is -9.82. The molecule has 0 saturated carbocycles. The topological polar surface area (TPSA) is 231 Å². The second kappa shape index (κ2) is 106. The minimum absolute atomic E-state index is 0.102. The number of hydrogen-bond acceptors (Lipinski definition) is 14. The fraction of sp³-hybridized carbons (Fsp3) is 0.730. The van der Waals surface area contributed by atoms with Gasteiger partial charge < -0.3 is 34.2 Å². The van der Waals surface area contributed by atoms with Gasteiger partial charge in [-0.25, -0.2) is 9.13 Å². The van der Waals surface area contributed by atoms with E-state index in [1.165, 1.54) is 270 Å². The van der Waals surface area contributed by atoms with Gasteiger partial charge >= 0.3 is 33.6 Å². The molecule has 0 aromatic rings. The summed E-state index contributed by atoms with van der Waals surface area (Å²) in [6.45, 7) is 2.53. The maximum Gasteiger partial charge on any atom is 0.472 e. The van der Waals surface area contributed by atoms with E-state index in [1.807, 2.05) is 0 Å². The number of esters is 3. The Balaban J connectivity index is 4.57. The first-order valence-electron chi connectivity index (χ1n) is 54.4. The van der Waals surface area contributed by atoms with Gasteiger partial charge in [-0.3, -0.25) is 32.5 Å². The fourth-order valence-corrected chi connectivity index (χ4v) is 16.8. The Labute approximate surface area is 815 Å². The quantitative estimate of drug-likeness (QED) is 0.0146. The van der Waals surface area contributed by atoms with E-state index in [0.29, 0.717) is 19.3 Å². The van der Waals surface area contributed by atoms with E-state index in [1.54, 1.807) is 0 Å². The molecule has 0 fully saturated rings. The van der Waals surface area contributed by atoms with E-state index >= 15 is 0 Å². The number of unbranched alkanes of at least 4 members (excludes halogenated alkanes) is 52. The third kappa shape index (κ3) is 107. The molecule has 18 heteroatoms. The van der Waals surface area contributed by atoms with Gasteiger partial charge in [0.05, 0.1) is 26.4 Å². The Hall–Kier alpha value is -5.09. The summed E-state index contributed by atoms with van der Waals surface area (Å²) in [5.74, 6) is -1.55. The van der Waals surface area contributed by atoms with Crippen molar-refractivity contribution in [2.75, 3.05) is 39.6 Å². The monoisotopic (exact) mass is 1900 g/mol. The van der Waals surface area contributed by atoms with Crippen LogP contribution in [0.4, 0.5) is 0 Å². The predicted octanol–water partition coefficient (Wildman–Crippen LogP) is 34.9. The first kappa shape index (κ1) is 128. The maximum absolute atomic E-state index is 13.2. The minimum atomic E-state index is -4.95. The normalized spacial score (nSPS) is 14.2. The van der Waals surface area contributed by atoms with E-state index in [2.05, 4.69) is 191 Å². The highest BCUT2D eigenvalue weighted by Crippen LogP contribution is 2.45. The number of ether oxygens (including phenoxy) is 3. The SMILES string of the molecule is CC/C=C\C/C=C\C/C=C\C/C=C\C/C=C\CCCCCCCCCCCCCCCCCCCCCC(=O)OCC(O)COP(=O)(O)OCC(O)COP(=O)(O)OCC(COC(=O)CCCCCCCCCCCCCCCCCCC/C=C\C/C=C\C/C=C\C/C=C\C/C=C\CC)OC(=O)CCCCCCCCCCCCCCC/C=C\C/C=C\C/C=C\C/C=C\CCCCC. The van der Waals surface area contributed by atoms with Gasteiger partial charge in [-0.15, -0.1) is 0 Å². The van der Waals surface area contributed by atoms with Crippen LogP contribution in [0, 0.1) is 0 Å². The van der Waals surface area contributed by atoms with E-state index in [9.17, 15) is 43.5 Å². The van der Waals surface area contributed by atoms with Crippen molar-refractivity contribution in [1.29, 1.82) is 0 Å². The molecular weight excluding hydrogens is 1700 g/mol. The lowest BCUT2D eigenvalue weighted by atomic mass is 10.0. The molecule has 0 bridgehead atoms. The average Bonchev–Trinajstić information content (AvgIpc) is 0.896. The summed E-state index contributed by atoms with van der Waals surface area (Å²) in [6, 6.07) is 0. The molecule has 0 aromatic heterocycles. The zero-order valence-corrected chi connectivity index (χ0v) is 86.9. The van der Waals surface area contributed by atoms with Crippen molar-refractivity contribution in [2.24, 2.45) is 0 Å². The van der Waals surface area contributed by atoms with Crippen LogP contribution in [0.1, 0.15) is 483 Å². The summed E-state index contributed by atoms with van der Waals surface area (Å²) < 4.78 is 61.8. The van der Waals surface area contributed by atoms with Crippen LogP contribution in [-0.2, 0) is 55.8 Å². The number of aliphatic hydroxyl groups excluding tert-OH is 2. The molecule has 133 heavy (non-hydrogen) atoms. The zero-order valence-electron chi connectivity index (χ0n) is 85.1. The van der Waals surface area contributed by atoms with Crippen molar-refractivity contribution < 1.29 is 75.8 Å². The molecule has 0 aliphatic heterocycles. The van der Waals surface area contributed by atoms with Gasteiger partial charge in [0.25, 0.3) is 0 Å². The van der Waals surface area contributed by atoms with Crippen LogP contribution >= 0.6 is 15.6 Å². The number of phosphoric ester groups is 2. The molecular formula is C115H200O16P2. The second-order valence-electron chi connectivity index (χ2n) is 36.4. The number of aliphatic hydroxyl groups is 2. The van der Waals surface area contributed by atoms with Gasteiger partial charge in [0.2, 0.25) is 0 Å². The number of carbonyl (C=O) groups excluding carboxylic acids is 3. The standard InChI is InChI=1S/C115H200O16P2/c1-4-7-10-13-16-19-22-25-28-31-34-37-40-43-46-49-51-53-54-56-58-60-62-65-68-71-74-77-80-83-86-89-92-95-98-101-113(118)125-104-110(116)105-127-132(121,122)128-106-111(117)107-129-133(123,124)130-109-112(131-115(120)103-100-97-94-91-88-85-82-79-76-73-70-67-64-59-48-45-42-39-36-33-30-27-24-21-18-15-12-9-6-3)108-126-114(119)102-99-96-93-90-87-84-81-78-75-72-69-66-63-61-57-55-52-50-47-44-41-38-35-32-29-26-23-20-17-14-11-8-5-2/h7-8,10-11,16-21,25-30,34-39,43-48,110-112,116-117H,4-6,9,12-15,22-24,31-33,40-42,49-109H2,1-3H3,(H,121,122)(H,123,124)/b10-7-,11-8-,19-16-,20-17-,21-18-,28-25-,29-26-,30-27-,37-34-,38-35-,39-36-,46-43-,47-44-,48-45-. The lowest BCUT2D eigenvalue weighted by Crippen LogP contribution is -2.30. The van der Waals surface area contributed by atoms with Crippen molar-refractivity contribution in [2.45, 2.75) is 501 Å². The number of rotatable bonds is 103. The van der Waals surface area contributed by atoms with E-state index < -0.39 is 91.5 Å². The van der Waals surface area contributed by atoms with Crippen molar-refractivity contribution in [1.82, 2.24) is 0 Å². The summed E-state index contributed by atoms with van der Waals surface area (Å²) in [6.07, 6.45) is 140. The summed E-state index contributed by atoms with van der Waals surface area (Å²) >= 11 is 0. The second-order valence-corrected chi connectivity index (χ2v) is 39.3. The third-order valence-corrected chi connectivity index (χ3v) is 25.3. The van der Waals surface area contributed by atoms with Crippen molar-refractivity contribution in [3.05, 3.63) is 170 Å². The minimum Gasteiger partial charge on any atom is -0.463 e. The Bertz CT molecular complexity index is 3100. The Kier molecular flexibility index (Phi) is 102.